The number of benzene rings is 2. The van der Waals surface area contributed by atoms with Crippen molar-refractivity contribution in [2.75, 3.05) is 26.1 Å². The zero-order chi connectivity index (χ0) is 19.9. The predicted molar refractivity (Wildman–Crippen MR) is 113 cm³/mol. The van der Waals surface area contributed by atoms with Gasteiger partial charge in [-0.3, -0.25) is 4.79 Å². The molecule has 0 aliphatic heterocycles. The fraction of sp³-hybridized carbons (Fsp3) is 0.261. The largest absolute Gasteiger partial charge is 0.497 e. The number of rotatable bonds is 8. The van der Waals surface area contributed by atoms with Gasteiger partial charge in [0.15, 0.2) is 0 Å². The van der Waals surface area contributed by atoms with Gasteiger partial charge in [0.1, 0.15) is 5.75 Å². The van der Waals surface area contributed by atoms with Gasteiger partial charge >= 0.3 is 0 Å². The van der Waals surface area contributed by atoms with E-state index in [4.69, 9.17) is 4.74 Å². The molecule has 146 valence electrons. The van der Waals surface area contributed by atoms with Crippen LogP contribution in [0, 0.1) is 0 Å². The summed E-state index contributed by atoms with van der Waals surface area (Å²) in [6.07, 6.45) is 4.33. The summed E-state index contributed by atoms with van der Waals surface area (Å²) >= 11 is 0. The molecule has 0 aliphatic carbocycles. The van der Waals surface area contributed by atoms with E-state index < -0.39 is 0 Å². The molecule has 5 nitrogen and oxygen atoms in total. The lowest BCUT2D eigenvalue weighted by atomic mass is 10.0. The van der Waals surface area contributed by atoms with Crippen LogP contribution in [0.5, 0.6) is 5.75 Å². The fourth-order valence-corrected chi connectivity index (χ4v) is 3.16. The lowest BCUT2D eigenvalue weighted by molar-refractivity contribution is -0.121. The normalized spacial score (nSPS) is 11.7. The monoisotopic (exact) mass is 377 g/mol. The third-order valence-electron chi connectivity index (χ3n) is 4.79. The summed E-state index contributed by atoms with van der Waals surface area (Å²) in [5, 5.41) is 3.04. The number of carbonyl (C=O) groups excluding carboxylic acids is 1. The van der Waals surface area contributed by atoms with Crippen molar-refractivity contribution in [3.8, 4) is 5.75 Å². The molecule has 1 heterocycles. The van der Waals surface area contributed by atoms with E-state index in [2.05, 4.69) is 26.9 Å². The molecule has 0 bridgehead atoms. The van der Waals surface area contributed by atoms with Gasteiger partial charge in [0.2, 0.25) is 5.91 Å². The Morgan fingerprint density at radius 3 is 2.43 bits per heavy atom. The Morgan fingerprint density at radius 2 is 1.79 bits per heavy atom. The van der Waals surface area contributed by atoms with E-state index in [0.717, 1.165) is 22.6 Å². The zero-order valence-electron chi connectivity index (χ0n) is 16.6. The number of amides is 1. The molecule has 0 aliphatic rings. The molecule has 28 heavy (non-hydrogen) atoms. The van der Waals surface area contributed by atoms with Crippen LogP contribution in [0.25, 0.3) is 0 Å². The number of anilines is 1. The third kappa shape index (κ3) is 4.94. The zero-order valence-corrected chi connectivity index (χ0v) is 16.6. The Labute approximate surface area is 166 Å². The average Bonchev–Trinajstić information content (AvgIpc) is 3.25. The van der Waals surface area contributed by atoms with Gasteiger partial charge in [0.05, 0.1) is 19.6 Å². The molecule has 0 unspecified atom stereocenters. The van der Waals surface area contributed by atoms with Gasteiger partial charge in [0.25, 0.3) is 0 Å². The minimum Gasteiger partial charge on any atom is -0.497 e. The smallest absolute Gasteiger partial charge is 0.222 e. The van der Waals surface area contributed by atoms with Crippen molar-refractivity contribution in [1.29, 1.82) is 0 Å². The highest BCUT2D eigenvalue weighted by Gasteiger charge is 2.18. The van der Waals surface area contributed by atoms with Gasteiger partial charge in [-0.2, -0.15) is 0 Å². The summed E-state index contributed by atoms with van der Waals surface area (Å²) in [7, 11) is 5.67. The van der Waals surface area contributed by atoms with Crippen LogP contribution in [0.4, 0.5) is 5.69 Å². The quantitative estimate of drug-likeness (QED) is 0.648. The lowest BCUT2D eigenvalue weighted by Gasteiger charge is -2.20. The van der Waals surface area contributed by atoms with E-state index in [1.807, 2.05) is 75.0 Å². The SMILES string of the molecule is COc1cccc([C@H](CC(=O)NCc2ccc(N(C)C)cc2)n2cccc2)c1. The first-order valence-electron chi connectivity index (χ1n) is 9.36. The van der Waals surface area contributed by atoms with Crippen LogP contribution in [0.3, 0.4) is 0 Å². The van der Waals surface area contributed by atoms with Crippen molar-refractivity contribution in [2.45, 2.75) is 19.0 Å². The van der Waals surface area contributed by atoms with E-state index in [9.17, 15) is 4.79 Å². The van der Waals surface area contributed by atoms with Crippen molar-refractivity contribution < 1.29 is 9.53 Å². The molecule has 1 aromatic heterocycles. The first-order chi connectivity index (χ1) is 13.6. The molecule has 0 fully saturated rings. The Bertz CT molecular complexity index is 886. The number of hydrogen-bond acceptors (Lipinski definition) is 3. The van der Waals surface area contributed by atoms with Crippen LogP contribution in [-0.4, -0.2) is 31.7 Å². The highest BCUT2D eigenvalue weighted by molar-refractivity contribution is 5.77. The van der Waals surface area contributed by atoms with Gasteiger partial charge in [0, 0.05) is 38.7 Å². The van der Waals surface area contributed by atoms with Gasteiger partial charge in [-0.15, -0.1) is 0 Å². The summed E-state index contributed by atoms with van der Waals surface area (Å²) in [6.45, 7) is 0.517. The second-order valence-electron chi connectivity index (χ2n) is 6.96. The Kier molecular flexibility index (Phi) is 6.37. The van der Waals surface area contributed by atoms with E-state index in [-0.39, 0.29) is 11.9 Å². The highest BCUT2D eigenvalue weighted by Crippen LogP contribution is 2.25. The molecule has 3 aromatic rings. The second-order valence-corrected chi connectivity index (χ2v) is 6.96. The summed E-state index contributed by atoms with van der Waals surface area (Å²) in [5.41, 5.74) is 3.26. The molecule has 1 amide bonds. The maximum Gasteiger partial charge on any atom is 0.222 e. The van der Waals surface area contributed by atoms with E-state index in [0.29, 0.717) is 13.0 Å². The van der Waals surface area contributed by atoms with Gasteiger partial charge in [-0.25, -0.2) is 0 Å². The van der Waals surface area contributed by atoms with Crippen molar-refractivity contribution in [3.63, 3.8) is 0 Å². The number of hydrogen-bond donors (Lipinski definition) is 1. The van der Waals surface area contributed by atoms with Gasteiger partial charge < -0.3 is 19.5 Å². The first-order valence-corrected chi connectivity index (χ1v) is 9.36. The number of methoxy groups -OCH3 is 1. The Morgan fingerprint density at radius 1 is 1.07 bits per heavy atom. The van der Waals surface area contributed by atoms with Crippen LogP contribution in [0.15, 0.2) is 73.1 Å². The maximum absolute atomic E-state index is 12.7. The van der Waals surface area contributed by atoms with E-state index in [1.54, 1.807) is 7.11 Å². The standard InChI is InChI=1S/C23H27N3O2/c1-25(2)20-11-9-18(10-12-20)17-24-23(27)16-22(26-13-4-5-14-26)19-7-6-8-21(15-19)28-3/h4-15,22H,16-17H2,1-3H3,(H,24,27)/t22-/m0/s1. The fourth-order valence-electron chi connectivity index (χ4n) is 3.16. The lowest BCUT2D eigenvalue weighted by Crippen LogP contribution is -2.26. The van der Waals surface area contributed by atoms with Gasteiger partial charge in [-0.05, 0) is 47.5 Å². The van der Waals surface area contributed by atoms with Crippen LogP contribution >= 0.6 is 0 Å². The molecule has 0 saturated carbocycles. The van der Waals surface area contributed by atoms with Crippen molar-refractivity contribution in [1.82, 2.24) is 9.88 Å². The molecule has 0 radical (unpaired) electrons. The van der Waals surface area contributed by atoms with E-state index in [1.165, 1.54) is 0 Å². The number of nitrogens with one attached hydrogen (secondary N) is 1. The van der Waals surface area contributed by atoms with Crippen LogP contribution in [0.2, 0.25) is 0 Å². The number of nitrogens with zero attached hydrogens (tertiary/aromatic N) is 2. The summed E-state index contributed by atoms with van der Waals surface area (Å²) in [5.74, 6) is 0.800. The van der Waals surface area contributed by atoms with E-state index >= 15 is 0 Å². The predicted octanol–water partition coefficient (Wildman–Crippen LogP) is 3.86. The average molecular weight is 377 g/mol. The van der Waals surface area contributed by atoms with Gasteiger partial charge in [-0.1, -0.05) is 24.3 Å². The Hall–Kier alpha value is -3.21. The molecule has 0 spiro atoms. The Balaban J connectivity index is 1.67. The van der Waals surface area contributed by atoms with Crippen molar-refractivity contribution >= 4 is 11.6 Å². The second kappa shape index (κ2) is 9.13. The number of carbonyl (C=O) groups is 1. The molecule has 3 rings (SSSR count). The minimum atomic E-state index is -0.0822. The molecular weight excluding hydrogens is 350 g/mol. The summed E-state index contributed by atoms with van der Waals surface area (Å²) in [6, 6.07) is 19.9. The highest BCUT2D eigenvalue weighted by atomic mass is 16.5. The minimum absolute atomic E-state index is 0.0122. The molecule has 5 heteroatoms. The molecule has 1 atom stereocenters. The molecule has 0 saturated heterocycles. The molecule has 2 aromatic carbocycles. The van der Waals surface area contributed by atoms with Crippen LogP contribution < -0.4 is 15.0 Å². The maximum atomic E-state index is 12.7. The topological polar surface area (TPSA) is 46.5 Å². The summed E-state index contributed by atoms with van der Waals surface area (Å²) in [4.78, 5) is 14.7. The van der Waals surface area contributed by atoms with Crippen molar-refractivity contribution in [2.24, 2.45) is 0 Å². The van der Waals surface area contributed by atoms with Crippen LogP contribution in [0.1, 0.15) is 23.6 Å². The third-order valence-corrected chi connectivity index (χ3v) is 4.79. The number of ether oxygens (including phenoxy) is 1. The number of aromatic nitrogens is 1. The first kappa shape index (κ1) is 19.5. The van der Waals surface area contributed by atoms with Crippen LogP contribution in [-0.2, 0) is 11.3 Å². The molecule has 1 N–H and O–H groups in total. The van der Waals surface area contributed by atoms with Crippen molar-refractivity contribution in [3.05, 3.63) is 84.2 Å². The molecular formula is C23H27N3O2. The summed E-state index contributed by atoms with van der Waals surface area (Å²) < 4.78 is 7.40.